The van der Waals surface area contributed by atoms with Crippen molar-refractivity contribution in [1.82, 2.24) is 10.2 Å². The van der Waals surface area contributed by atoms with Crippen molar-refractivity contribution in [1.29, 1.82) is 0 Å². The van der Waals surface area contributed by atoms with E-state index >= 15 is 0 Å². The molecule has 5 nitrogen and oxygen atoms in total. The van der Waals surface area contributed by atoms with Gasteiger partial charge in [-0.2, -0.15) is 0 Å². The first-order valence-corrected chi connectivity index (χ1v) is 8.45. The molecular weight excluding hydrogens is 328 g/mol. The van der Waals surface area contributed by atoms with Gasteiger partial charge in [0.15, 0.2) is 0 Å². The lowest BCUT2D eigenvalue weighted by Crippen LogP contribution is -2.42. The minimum atomic E-state index is 0. The monoisotopic (exact) mass is 354 g/mol. The van der Waals surface area contributed by atoms with E-state index in [1.54, 1.807) is 14.2 Å². The summed E-state index contributed by atoms with van der Waals surface area (Å²) < 4.78 is 10.7. The van der Waals surface area contributed by atoms with Gasteiger partial charge in [-0.25, -0.2) is 0 Å². The van der Waals surface area contributed by atoms with Gasteiger partial charge in [-0.05, 0) is 56.0 Å². The summed E-state index contributed by atoms with van der Waals surface area (Å²) in [4.78, 5) is 14.9. The van der Waals surface area contributed by atoms with Crippen LogP contribution in [0, 0.1) is 0 Å². The molecule has 1 amide bonds. The van der Waals surface area contributed by atoms with Crippen molar-refractivity contribution in [2.75, 3.05) is 27.3 Å². The zero-order valence-electron chi connectivity index (χ0n) is 14.4. The average molecular weight is 355 g/mol. The van der Waals surface area contributed by atoms with Crippen molar-refractivity contribution in [3.8, 4) is 11.5 Å². The van der Waals surface area contributed by atoms with Crippen molar-refractivity contribution < 1.29 is 14.3 Å². The fraction of sp³-hybridized carbons (Fsp3) is 0.611. The molecule has 0 aromatic heterocycles. The number of amides is 1. The lowest BCUT2D eigenvalue weighted by atomic mass is 10.1. The first-order chi connectivity index (χ1) is 11.2. The number of hydrogen-bond donors (Lipinski definition) is 1. The summed E-state index contributed by atoms with van der Waals surface area (Å²) in [5, 5.41) is 3.44. The number of hydrogen-bond acceptors (Lipinski definition) is 4. The molecular formula is C18H27ClN2O3. The Kier molecular flexibility index (Phi) is 6.75. The van der Waals surface area contributed by atoms with Crippen LogP contribution in [0.5, 0.6) is 11.5 Å². The van der Waals surface area contributed by atoms with Crippen LogP contribution in [0.15, 0.2) is 18.2 Å². The van der Waals surface area contributed by atoms with E-state index in [1.807, 2.05) is 18.2 Å². The van der Waals surface area contributed by atoms with Gasteiger partial charge in [-0.15, -0.1) is 12.4 Å². The number of carbonyl (C=O) groups excluding carboxylic acids is 1. The van der Waals surface area contributed by atoms with Crippen molar-refractivity contribution in [2.45, 2.75) is 44.2 Å². The zero-order valence-corrected chi connectivity index (χ0v) is 15.2. The standard InChI is InChI=1S/C18H26N2O3.ClH/c1-22-16-6-7-17(23-2)13(11-16)3-8-18(21)20-14-4-5-15(20)12-19-10-9-14;/h6-7,11,14-15,19H,3-5,8-10,12H2,1-2H3;1H. The van der Waals surface area contributed by atoms with Crippen molar-refractivity contribution in [3.05, 3.63) is 23.8 Å². The van der Waals surface area contributed by atoms with Crippen LogP contribution < -0.4 is 14.8 Å². The number of aryl methyl sites for hydroxylation is 1. The van der Waals surface area contributed by atoms with Gasteiger partial charge >= 0.3 is 0 Å². The number of benzene rings is 1. The molecule has 1 N–H and O–H groups in total. The third kappa shape index (κ3) is 3.95. The molecule has 2 unspecified atom stereocenters. The Balaban J connectivity index is 0.00000208. The van der Waals surface area contributed by atoms with E-state index in [9.17, 15) is 4.79 Å². The Bertz CT molecular complexity index is 553. The molecule has 2 atom stereocenters. The molecule has 1 aromatic carbocycles. The van der Waals surface area contributed by atoms with Crippen LogP contribution in [0.25, 0.3) is 0 Å². The van der Waals surface area contributed by atoms with Gasteiger partial charge in [0.05, 0.1) is 14.2 Å². The van der Waals surface area contributed by atoms with Crippen molar-refractivity contribution >= 4 is 18.3 Å². The van der Waals surface area contributed by atoms with Gasteiger partial charge in [0, 0.05) is 25.0 Å². The minimum absolute atomic E-state index is 0. The lowest BCUT2D eigenvalue weighted by Gasteiger charge is -2.28. The van der Waals surface area contributed by atoms with Crippen LogP contribution in [0.1, 0.15) is 31.2 Å². The fourth-order valence-electron chi connectivity index (χ4n) is 3.84. The molecule has 2 aliphatic rings. The van der Waals surface area contributed by atoms with Crippen molar-refractivity contribution in [3.63, 3.8) is 0 Å². The number of methoxy groups -OCH3 is 2. The molecule has 0 aliphatic carbocycles. The summed E-state index contributed by atoms with van der Waals surface area (Å²) in [5.74, 6) is 1.89. The third-order valence-electron chi connectivity index (χ3n) is 5.04. The Morgan fingerprint density at radius 2 is 2.00 bits per heavy atom. The molecule has 2 aliphatic heterocycles. The lowest BCUT2D eigenvalue weighted by molar-refractivity contribution is -0.133. The first kappa shape index (κ1) is 18.9. The predicted molar refractivity (Wildman–Crippen MR) is 96.3 cm³/mol. The van der Waals surface area contributed by atoms with Gasteiger partial charge in [0.25, 0.3) is 0 Å². The van der Waals surface area contributed by atoms with E-state index in [1.165, 1.54) is 0 Å². The highest BCUT2D eigenvalue weighted by atomic mass is 35.5. The largest absolute Gasteiger partial charge is 0.497 e. The van der Waals surface area contributed by atoms with Crippen LogP contribution in [0.4, 0.5) is 0 Å². The third-order valence-corrected chi connectivity index (χ3v) is 5.04. The topological polar surface area (TPSA) is 50.8 Å². The first-order valence-electron chi connectivity index (χ1n) is 8.45. The van der Waals surface area contributed by atoms with E-state index in [-0.39, 0.29) is 18.3 Å². The van der Waals surface area contributed by atoms with Crippen LogP contribution >= 0.6 is 12.4 Å². The van der Waals surface area contributed by atoms with Gasteiger partial charge in [0.1, 0.15) is 11.5 Å². The number of halogens is 1. The van der Waals surface area contributed by atoms with Crippen LogP contribution in [0.3, 0.4) is 0 Å². The number of rotatable bonds is 5. The number of ether oxygens (including phenoxy) is 2. The molecule has 2 saturated heterocycles. The van der Waals surface area contributed by atoms with E-state index in [0.717, 1.165) is 49.4 Å². The van der Waals surface area contributed by atoms with Gasteiger partial charge < -0.3 is 19.7 Å². The second-order valence-electron chi connectivity index (χ2n) is 6.36. The summed E-state index contributed by atoms with van der Waals surface area (Å²) in [5.41, 5.74) is 1.03. The second-order valence-corrected chi connectivity index (χ2v) is 6.36. The smallest absolute Gasteiger partial charge is 0.223 e. The molecule has 6 heteroatoms. The van der Waals surface area contributed by atoms with E-state index in [2.05, 4.69) is 10.2 Å². The summed E-state index contributed by atoms with van der Waals surface area (Å²) in [6, 6.07) is 6.55. The molecule has 1 aromatic rings. The SMILES string of the molecule is COc1ccc(OC)c(CCC(=O)N2C3CCNCC2CC3)c1.Cl. The maximum Gasteiger partial charge on any atom is 0.223 e. The summed E-state index contributed by atoms with van der Waals surface area (Å²) in [6.07, 6.45) is 4.57. The molecule has 2 heterocycles. The highest BCUT2D eigenvalue weighted by Gasteiger charge is 2.37. The summed E-state index contributed by atoms with van der Waals surface area (Å²) >= 11 is 0. The van der Waals surface area contributed by atoms with Gasteiger partial charge in [-0.3, -0.25) is 4.79 Å². The molecule has 2 bridgehead atoms. The number of carbonyl (C=O) groups is 1. The fourth-order valence-corrected chi connectivity index (χ4v) is 3.84. The normalized spacial score (nSPS) is 22.5. The highest BCUT2D eigenvalue weighted by Crippen LogP contribution is 2.30. The Morgan fingerprint density at radius 1 is 1.21 bits per heavy atom. The second kappa shape index (κ2) is 8.58. The molecule has 0 spiro atoms. The molecule has 134 valence electrons. The molecule has 3 rings (SSSR count). The molecule has 0 saturated carbocycles. The molecule has 0 radical (unpaired) electrons. The van der Waals surface area contributed by atoms with Crippen LogP contribution in [0.2, 0.25) is 0 Å². The number of nitrogens with one attached hydrogen (secondary N) is 1. The average Bonchev–Trinajstić information content (AvgIpc) is 2.85. The van der Waals surface area contributed by atoms with Crippen LogP contribution in [-0.2, 0) is 11.2 Å². The quantitative estimate of drug-likeness (QED) is 0.882. The van der Waals surface area contributed by atoms with Gasteiger partial charge in [-0.1, -0.05) is 0 Å². The maximum atomic E-state index is 12.8. The van der Waals surface area contributed by atoms with Crippen LogP contribution in [-0.4, -0.2) is 50.2 Å². The van der Waals surface area contributed by atoms with Crippen molar-refractivity contribution in [2.24, 2.45) is 0 Å². The summed E-state index contributed by atoms with van der Waals surface area (Å²) in [7, 11) is 3.31. The molecule has 2 fully saturated rings. The van der Waals surface area contributed by atoms with E-state index in [4.69, 9.17) is 9.47 Å². The highest BCUT2D eigenvalue weighted by molar-refractivity contribution is 5.85. The van der Waals surface area contributed by atoms with E-state index < -0.39 is 0 Å². The Morgan fingerprint density at radius 3 is 2.75 bits per heavy atom. The summed E-state index contributed by atoms with van der Waals surface area (Å²) in [6.45, 7) is 1.96. The minimum Gasteiger partial charge on any atom is -0.497 e. The van der Waals surface area contributed by atoms with E-state index in [0.29, 0.717) is 24.9 Å². The predicted octanol–water partition coefficient (Wildman–Crippen LogP) is 2.41. The Labute approximate surface area is 150 Å². The Hall–Kier alpha value is -1.46. The zero-order chi connectivity index (χ0) is 16.2. The molecule has 24 heavy (non-hydrogen) atoms. The maximum absolute atomic E-state index is 12.8. The number of nitrogens with zero attached hydrogens (tertiary/aromatic N) is 1. The van der Waals surface area contributed by atoms with Gasteiger partial charge in [0.2, 0.25) is 5.91 Å². The number of fused-ring (bicyclic) bond motifs is 2.